The highest BCUT2D eigenvalue weighted by Gasteiger charge is 2.45. The van der Waals surface area contributed by atoms with Gasteiger partial charge in [0, 0.05) is 23.1 Å². The van der Waals surface area contributed by atoms with Gasteiger partial charge in [-0.25, -0.2) is 9.97 Å². The van der Waals surface area contributed by atoms with E-state index in [1.807, 2.05) is 24.3 Å². The van der Waals surface area contributed by atoms with Crippen molar-refractivity contribution in [2.75, 3.05) is 5.32 Å². The van der Waals surface area contributed by atoms with Crippen LogP contribution in [0.15, 0.2) is 67.0 Å². The molecule has 1 heterocycles. The van der Waals surface area contributed by atoms with Gasteiger partial charge in [-0.1, -0.05) is 30.2 Å². The topological polar surface area (TPSA) is 64.1 Å². The number of benzene rings is 2. The first kappa shape index (κ1) is 17.5. The summed E-state index contributed by atoms with van der Waals surface area (Å²) in [5.74, 6) is 0.600. The standard InChI is InChI=1S/C21H18ClN3O2/c22-16-5-1-4-15(14-16)21(10-2-11-21)19(26)25-17-6-8-18(9-7-17)27-20-23-12-3-13-24-20/h1,3-9,12-14H,2,10-11H2,(H,25,26). The Bertz CT molecular complexity index is 941. The van der Waals surface area contributed by atoms with E-state index in [9.17, 15) is 4.79 Å². The molecule has 27 heavy (non-hydrogen) atoms. The van der Waals surface area contributed by atoms with Gasteiger partial charge in [-0.3, -0.25) is 4.79 Å². The monoisotopic (exact) mass is 379 g/mol. The highest BCUT2D eigenvalue weighted by molar-refractivity contribution is 6.30. The first-order valence-corrected chi connectivity index (χ1v) is 9.16. The lowest BCUT2D eigenvalue weighted by Gasteiger charge is -2.40. The first-order valence-electron chi connectivity index (χ1n) is 8.78. The number of halogens is 1. The molecule has 0 spiro atoms. The van der Waals surface area contributed by atoms with Crippen molar-refractivity contribution in [3.05, 3.63) is 77.6 Å². The molecule has 6 heteroatoms. The molecule has 0 unspecified atom stereocenters. The molecule has 0 radical (unpaired) electrons. The summed E-state index contributed by atoms with van der Waals surface area (Å²) in [5, 5.41) is 3.67. The highest BCUT2D eigenvalue weighted by atomic mass is 35.5. The van der Waals surface area contributed by atoms with Gasteiger partial charge in [-0.2, -0.15) is 0 Å². The number of aromatic nitrogens is 2. The minimum absolute atomic E-state index is 0.00363. The zero-order valence-corrected chi connectivity index (χ0v) is 15.3. The fraction of sp³-hybridized carbons (Fsp3) is 0.190. The fourth-order valence-corrected chi connectivity index (χ4v) is 3.45. The van der Waals surface area contributed by atoms with Crippen molar-refractivity contribution in [2.45, 2.75) is 24.7 Å². The molecule has 0 aliphatic heterocycles. The summed E-state index contributed by atoms with van der Waals surface area (Å²) >= 11 is 6.12. The van der Waals surface area contributed by atoms with Crippen LogP contribution in [-0.2, 0) is 10.2 Å². The van der Waals surface area contributed by atoms with Crippen LogP contribution >= 0.6 is 11.6 Å². The number of nitrogens with one attached hydrogen (secondary N) is 1. The van der Waals surface area contributed by atoms with Crippen LogP contribution < -0.4 is 10.1 Å². The Morgan fingerprint density at radius 2 is 1.78 bits per heavy atom. The van der Waals surface area contributed by atoms with Crippen LogP contribution in [0.1, 0.15) is 24.8 Å². The van der Waals surface area contributed by atoms with Crippen LogP contribution in [0.2, 0.25) is 5.02 Å². The minimum Gasteiger partial charge on any atom is -0.424 e. The van der Waals surface area contributed by atoms with E-state index in [0.29, 0.717) is 10.8 Å². The number of amides is 1. The fourth-order valence-electron chi connectivity index (χ4n) is 3.26. The third kappa shape index (κ3) is 3.64. The van der Waals surface area contributed by atoms with E-state index in [2.05, 4.69) is 15.3 Å². The Labute approximate surface area is 162 Å². The molecular weight excluding hydrogens is 362 g/mol. The summed E-state index contributed by atoms with van der Waals surface area (Å²) in [6.45, 7) is 0. The van der Waals surface area contributed by atoms with E-state index in [1.165, 1.54) is 0 Å². The maximum absolute atomic E-state index is 13.0. The normalized spacial score (nSPS) is 14.9. The average molecular weight is 380 g/mol. The lowest BCUT2D eigenvalue weighted by Crippen LogP contribution is -2.46. The summed E-state index contributed by atoms with van der Waals surface area (Å²) < 4.78 is 5.57. The number of hydrogen-bond acceptors (Lipinski definition) is 4. The second-order valence-corrected chi connectivity index (χ2v) is 6.99. The molecular formula is C21H18ClN3O2. The summed E-state index contributed by atoms with van der Waals surface area (Å²) in [5.41, 5.74) is 1.19. The second kappa shape index (κ2) is 7.37. The van der Waals surface area contributed by atoms with Crippen molar-refractivity contribution >= 4 is 23.2 Å². The SMILES string of the molecule is O=C(Nc1ccc(Oc2ncccn2)cc1)C1(c2cccc(Cl)c2)CCC1. The lowest BCUT2D eigenvalue weighted by molar-refractivity contribution is -0.124. The third-order valence-electron chi connectivity index (χ3n) is 4.88. The van der Waals surface area contributed by atoms with Crippen LogP contribution in [-0.4, -0.2) is 15.9 Å². The maximum atomic E-state index is 13.0. The quantitative estimate of drug-likeness (QED) is 0.678. The molecule has 1 aliphatic carbocycles. The number of anilines is 1. The van der Waals surface area contributed by atoms with Gasteiger partial charge in [0.25, 0.3) is 0 Å². The maximum Gasteiger partial charge on any atom is 0.321 e. The van der Waals surface area contributed by atoms with Gasteiger partial charge >= 0.3 is 6.01 Å². The van der Waals surface area contributed by atoms with E-state index in [1.54, 1.807) is 42.7 Å². The van der Waals surface area contributed by atoms with Gasteiger partial charge in [-0.05, 0) is 60.9 Å². The van der Waals surface area contributed by atoms with E-state index >= 15 is 0 Å². The number of hydrogen-bond donors (Lipinski definition) is 1. The number of nitrogens with zero attached hydrogens (tertiary/aromatic N) is 2. The van der Waals surface area contributed by atoms with Gasteiger partial charge in [0.1, 0.15) is 5.75 Å². The van der Waals surface area contributed by atoms with Gasteiger partial charge in [0.05, 0.1) is 5.41 Å². The van der Waals surface area contributed by atoms with Crippen LogP contribution in [0.3, 0.4) is 0 Å². The van der Waals surface area contributed by atoms with Gasteiger partial charge in [0.15, 0.2) is 0 Å². The van der Waals surface area contributed by atoms with Crippen molar-refractivity contribution in [1.82, 2.24) is 9.97 Å². The van der Waals surface area contributed by atoms with E-state index in [-0.39, 0.29) is 11.9 Å². The van der Waals surface area contributed by atoms with Crippen molar-refractivity contribution in [3.8, 4) is 11.8 Å². The molecule has 2 aromatic carbocycles. The third-order valence-corrected chi connectivity index (χ3v) is 5.12. The summed E-state index contributed by atoms with van der Waals surface area (Å²) in [6.07, 6.45) is 5.91. The number of ether oxygens (including phenoxy) is 1. The van der Waals surface area contributed by atoms with Crippen LogP contribution in [0.4, 0.5) is 5.69 Å². The Kier molecular flexibility index (Phi) is 4.77. The zero-order valence-electron chi connectivity index (χ0n) is 14.6. The van der Waals surface area contributed by atoms with Gasteiger partial charge < -0.3 is 10.1 Å². The number of carbonyl (C=O) groups is 1. The van der Waals surface area contributed by atoms with Gasteiger partial charge in [0.2, 0.25) is 5.91 Å². The van der Waals surface area contributed by atoms with Crippen LogP contribution in [0.5, 0.6) is 11.8 Å². The molecule has 0 saturated heterocycles. The molecule has 1 aliphatic rings. The van der Waals surface area contributed by atoms with Crippen LogP contribution in [0.25, 0.3) is 0 Å². The predicted molar refractivity (Wildman–Crippen MR) is 104 cm³/mol. The summed E-state index contributed by atoms with van der Waals surface area (Å²) in [7, 11) is 0. The smallest absolute Gasteiger partial charge is 0.321 e. The van der Waals surface area contributed by atoms with Crippen LogP contribution in [0, 0.1) is 0 Å². The molecule has 3 aromatic rings. The molecule has 136 valence electrons. The summed E-state index contributed by atoms with van der Waals surface area (Å²) in [6, 6.07) is 16.7. The van der Waals surface area contributed by atoms with E-state index in [4.69, 9.17) is 16.3 Å². The Balaban J connectivity index is 1.47. The molecule has 1 saturated carbocycles. The Morgan fingerprint density at radius 3 is 2.41 bits per heavy atom. The number of carbonyl (C=O) groups excluding carboxylic acids is 1. The Hall–Kier alpha value is -2.92. The van der Waals surface area contributed by atoms with Gasteiger partial charge in [-0.15, -0.1) is 0 Å². The molecule has 1 amide bonds. The van der Waals surface area contributed by atoms with E-state index in [0.717, 1.165) is 30.5 Å². The molecule has 0 bridgehead atoms. The first-order chi connectivity index (χ1) is 13.2. The molecule has 0 atom stereocenters. The van der Waals surface area contributed by atoms with Crippen molar-refractivity contribution in [2.24, 2.45) is 0 Å². The zero-order chi connectivity index (χ0) is 18.7. The molecule has 1 aromatic heterocycles. The van der Waals surface area contributed by atoms with Crippen molar-refractivity contribution < 1.29 is 9.53 Å². The van der Waals surface area contributed by atoms with E-state index < -0.39 is 5.41 Å². The minimum atomic E-state index is -0.502. The molecule has 1 fully saturated rings. The molecule has 4 rings (SSSR count). The predicted octanol–water partition coefficient (Wildman–Crippen LogP) is 4.98. The average Bonchev–Trinajstić information content (AvgIpc) is 2.63. The van der Waals surface area contributed by atoms with Crippen molar-refractivity contribution in [3.63, 3.8) is 0 Å². The largest absolute Gasteiger partial charge is 0.424 e. The second-order valence-electron chi connectivity index (χ2n) is 6.56. The number of rotatable bonds is 5. The Morgan fingerprint density at radius 1 is 1.04 bits per heavy atom. The molecule has 1 N–H and O–H groups in total. The van der Waals surface area contributed by atoms with Crippen molar-refractivity contribution in [1.29, 1.82) is 0 Å². The summed E-state index contributed by atoms with van der Waals surface area (Å²) in [4.78, 5) is 21.0. The highest BCUT2D eigenvalue weighted by Crippen LogP contribution is 2.45. The molecule has 5 nitrogen and oxygen atoms in total. The lowest BCUT2D eigenvalue weighted by atomic mass is 9.64.